The third-order valence-electron chi connectivity index (χ3n) is 2.34. The van der Waals surface area contributed by atoms with Crippen LogP contribution in [0.15, 0.2) is 33.9 Å². The van der Waals surface area contributed by atoms with E-state index in [0.717, 1.165) is 16.3 Å². The molecule has 0 radical (unpaired) electrons. The van der Waals surface area contributed by atoms with Crippen molar-refractivity contribution < 1.29 is 14.3 Å². The molecule has 0 unspecified atom stereocenters. The van der Waals surface area contributed by atoms with Gasteiger partial charge in [0, 0.05) is 5.69 Å². The van der Waals surface area contributed by atoms with Gasteiger partial charge in [-0.15, -0.1) is 0 Å². The predicted molar refractivity (Wildman–Crippen MR) is 68.9 cm³/mol. The number of thioether (sulfide) groups is 1. The third kappa shape index (κ3) is 3.13. The molecule has 1 N–H and O–H groups in total. The molecule has 0 spiro atoms. The summed E-state index contributed by atoms with van der Waals surface area (Å²) in [6.07, 6.45) is 1.26. The number of nitrogens with zero attached hydrogens (tertiary/aromatic N) is 1. The van der Waals surface area contributed by atoms with Crippen molar-refractivity contribution in [3.63, 3.8) is 0 Å². The molecule has 18 heavy (non-hydrogen) atoms. The maximum Gasteiger partial charge on any atom is 0.338 e. The highest BCUT2D eigenvalue weighted by Gasteiger charge is 2.09. The second-order valence-electron chi connectivity index (χ2n) is 4.02. The summed E-state index contributed by atoms with van der Waals surface area (Å²) in [5, 5.41) is 9.69. The van der Waals surface area contributed by atoms with Crippen LogP contribution < -0.4 is 0 Å². The number of aromatic nitrogens is 1. The van der Waals surface area contributed by atoms with Crippen LogP contribution in [0.4, 0.5) is 0 Å². The van der Waals surface area contributed by atoms with Gasteiger partial charge in [-0.2, -0.15) is 0 Å². The molecule has 2 aromatic heterocycles. The van der Waals surface area contributed by atoms with E-state index in [0.29, 0.717) is 11.5 Å². The predicted octanol–water partition coefficient (Wildman–Crippen LogP) is 3.28. The number of furan rings is 1. The normalized spacial score (nSPS) is 10.6. The minimum Gasteiger partial charge on any atom is -0.478 e. The van der Waals surface area contributed by atoms with E-state index in [9.17, 15) is 4.79 Å². The number of hydrogen-bond acceptors (Lipinski definition) is 4. The minimum atomic E-state index is -0.973. The average molecular weight is 263 g/mol. The fraction of sp³-hybridized carbons (Fsp3) is 0.231. The summed E-state index contributed by atoms with van der Waals surface area (Å²) >= 11 is 1.53. The maximum absolute atomic E-state index is 10.7. The van der Waals surface area contributed by atoms with Crippen LogP contribution >= 0.6 is 11.8 Å². The lowest BCUT2D eigenvalue weighted by molar-refractivity contribution is 0.0696. The number of carbonyl (C=O) groups is 1. The van der Waals surface area contributed by atoms with Crippen LogP contribution in [-0.2, 0) is 5.75 Å². The summed E-state index contributed by atoms with van der Waals surface area (Å²) in [4.78, 5) is 15.1. The Balaban J connectivity index is 2.04. The molecule has 0 saturated carbocycles. The standard InChI is InChI=1S/C13H13NO3S/c1-8-3-9(2)14-12(4-8)18-7-11-5-10(6-17-11)13(15)16/h3-6H,7H2,1-2H3,(H,15,16). The first-order valence-corrected chi connectivity index (χ1v) is 6.42. The first-order valence-electron chi connectivity index (χ1n) is 5.43. The van der Waals surface area contributed by atoms with Crippen molar-refractivity contribution in [3.8, 4) is 0 Å². The largest absolute Gasteiger partial charge is 0.478 e. The van der Waals surface area contributed by atoms with Gasteiger partial charge in [-0.25, -0.2) is 9.78 Å². The van der Waals surface area contributed by atoms with Gasteiger partial charge in [-0.3, -0.25) is 0 Å². The van der Waals surface area contributed by atoms with Gasteiger partial charge in [0.05, 0.1) is 16.3 Å². The highest BCUT2D eigenvalue weighted by molar-refractivity contribution is 7.98. The first-order chi connectivity index (χ1) is 8.54. The van der Waals surface area contributed by atoms with E-state index in [-0.39, 0.29) is 5.56 Å². The van der Waals surface area contributed by atoms with E-state index in [1.807, 2.05) is 26.0 Å². The second-order valence-corrected chi connectivity index (χ2v) is 5.02. The molecule has 0 aromatic carbocycles. The van der Waals surface area contributed by atoms with Crippen LogP contribution in [0, 0.1) is 13.8 Å². The fourth-order valence-corrected chi connectivity index (χ4v) is 2.51. The number of aromatic carboxylic acids is 1. The topological polar surface area (TPSA) is 63.3 Å². The Morgan fingerprint density at radius 2 is 2.17 bits per heavy atom. The Bertz CT molecular complexity index is 557. The van der Waals surface area contributed by atoms with Gasteiger partial charge in [0.2, 0.25) is 0 Å². The molecule has 0 aliphatic heterocycles. The van der Waals surface area contributed by atoms with E-state index in [1.165, 1.54) is 24.1 Å². The lowest BCUT2D eigenvalue weighted by atomic mass is 10.3. The number of aryl methyl sites for hydroxylation is 2. The molecule has 0 aliphatic carbocycles. The molecule has 2 rings (SSSR count). The molecule has 0 atom stereocenters. The summed E-state index contributed by atoms with van der Waals surface area (Å²) in [6.45, 7) is 3.97. The van der Waals surface area contributed by atoms with Gasteiger partial charge in [0.1, 0.15) is 12.0 Å². The molecular weight excluding hydrogens is 250 g/mol. The van der Waals surface area contributed by atoms with Gasteiger partial charge >= 0.3 is 5.97 Å². The van der Waals surface area contributed by atoms with Gasteiger partial charge in [-0.1, -0.05) is 11.8 Å². The highest BCUT2D eigenvalue weighted by atomic mass is 32.2. The monoisotopic (exact) mass is 263 g/mol. The maximum atomic E-state index is 10.7. The lowest BCUT2D eigenvalue weighted by Crippen LogP contribution is -1.91. The molecule has 0 aliphatic rings. The van der Waals surface area contributed by atoms with Crippen LogP contribution in [-0.4, -0.2) is 16.1 Å². The number of rotatable bonds is 4. The number of hydrogen-bond donors (Lipinski definition) is 1. The molecule has 0 fully saturated rings. The van der Waals surface area contributed by atoms with Crippen LogP contribution in [0.2, 0.25) is 0 Å². The Morgan fingerprint density at radius 1 is 1.39 bits per heavy atom. The van der Waals surface area contributed by atoms with Crippen LogP contribution in [0.3, 0.4) is 0 Å². The molecule has 0 saturated heterocycles. The molecule has 94 valence electrons. The number of carboxylic acids is 1. The van der Waals surface area contributed by atoms with Crippen molar-refractivity contribution in [1.82, 2.24) is 4.98 Å². The third-order valence-corrected chi connectivity index (χ3v) is 3.27. The summed E-state index contributed by atoms with van der Waals surface area (Å²) in [6, 6.07) is 5.55. The quantitative estimate of drug-likeness (QED) is 0.857. The second kappa shape index (κ2) is 5.27. The van der Waals surface area contributed by atoms with Crippen molar-refractivity contribution in [2.45, 2.75) is 24.6 Å². The molecule has 0 amide bonds. The zero-order valence-corrected chi connectivity index (χ0v) is 11.0. The van der Waals surface area contributed by atoms with Crippen molar-refractivity contribution in [2.75, 3.05) is 0 Å². The fourth-order valence-electron chi connectivity index (χ4n) is 1.59. The van der Waals surface area contributed by atoms with Crippen LogP contribution in [0.25, 0.3) is 0 Å². The van der Waals surface area contributed by atoms with Crippen LogP contribution in [0.5, 0.6) is 0 Å². The Hall–Kier alpha value is -1.75. The lowest BCUT2D eigenvalue weighted by Gasteiger charge is -2.02. The molecule has 2 heterocycles. The smallest absolute Gasteiger partial charge is 0.338 e. The van der Waals surface area contributed by atoms with Crippen molar-refractivity contribution in [2.24, 2.45) is 0 Å². The first kappa shape index (κ1) is 12.7. The van der Waals surface area contributed by atoms with Gasteiger partial charge in [0.15, 0.2) is 0 Å². The van der Waals surface area contributed by atoms with E-state index < -0.39 is 5.97 Å². The highest BCUT2D eigenvalue weighted by Crippen LogP contribution is 2.23. The molecule has 5 heteroatoms. The summed E-state index contributed by atoms with van der Waals surface area (Å²) in [5.41, 5.74) is 2.32. The van der Waals surface area contributed by atoms with Crippen molar-refractivity contribution >= 4 is 17.7 Å². The van der Waals surface area contributed by atoms with Crippen LogP contribution in [0.1, 0.15) is 27.4 Å². The SMILES string of the molecule is Cc1cc(C)nc(SCc2cc(C(=O)O)co2)c1. The van der Waals surface area contributed by atoms with Crippen molar-refractivity contribution in [3.05, 3.63) is 47.0 Å². The van der Waals surface area contributed by atoms with Crippen molar-refractivity contribution in [1.29, 1.82) is 0 Å². The minimum absolute atomic E-state index is 0.180. The number of pyridine rings is 1. The summed E-state index contributed by atoms with van der Waals surface area (Å²) in [7, 11) is 0. The summed E-state index contributed by atoms with van der Waals surface area (Å²) in [5.74, 6) is 0.237. The Kier molecular flexibility index (Phi) is 3.72. The number of carboxylic acid groups (broad SMARTS) is 1. The Labute approximate surface area is 109 Å². The van der Waals surface area contributed by atoms with Gasteiger partial charge in [-0.05, 0) is 37.6 Å². The molecule has 4 nitrogen and oxygen atoms in total. The van der Waals surface area contributed by atoms with E-state index in [2.05, 4.69) is 4.98 Å². The van der Waals surface area contributed by atoms with E-state index in [1.54, 1.807) is 0 Å². The molecule has 2 aromatic rings. The van der Waals surface area contributed by atoms with E-state index in [4.69, 9.17) is 9.52 Å². The van der Waals surface area contributed by atoms with Gasteiger partial charge < -0.3 is 9.52 Å². The van der Waals surface area contributed by atoms with E-state index >= 15 is 0 Å². The van der Waals surface area contributed by atoms with Gasteiger partial charge in [0.25, 0.3) is 0 Å². The Morgan fingerprint density at radius 3 is 2.78 bits per heavy atom. The molecular formula is C13H13NO3S. The zero-order valence-electron chi connectivity index (χ0n) is 10.1. The molecule has 0 bridgehead atoms. The average Bonchev–Trinajstić information content (AvgIpc) is 2.73. The zero-order chi connectivity index (χ0) is 13.1. The summed E-state index contributed by atoms with van der Waals surface area (Å²) < 4.78 is 5.18.